The van der Waals surface area contributed by atoms with Crippen LogP contribution >= 0.6 is 34.5 Å². The summed E-state index contributed by atoms with van der Waals surface area (Å²) in [5.41, 5.74) is 2.53. The van der Waals surface area contributed by atoms with Gasteiger partial charge in [-0.05, 0) is 54.3 Å². The van der Waals surface area contributed by atoms with Crippen LogP contribution < -0.4 is 10.2 Å². The molecule has 2 amide bonds. The normalized spacial score (nSPS) is 14.2. The van der Waals surface area contributed by atoms with Crippen molar-refractivity contribution in [2.24, 2.45) is 0 Å². The van der Waals surface area contributed by atoms with Crippen LogP contribution in [0.3, 0.4) is 0 Å². The maximum absolute atomic E-state index is 13.2. The van der Waals surface area contributed by atoms with E-state index in [9.17, 15) is 9.59 Å². The molecule has 2 aromatic carbocycles. The van der Waals surface area contributed by atoms with Crippen molar-refractivity contribution in [1.82, 2.24) is 0 Å². The Bertz CT molecular complexity index is 1120. The van der Waals surface area contributed by atoms with E-state index < -0.39 is 11.8 Å². The van der Waals surface area contributed by atoms with E-state index in [1.807, 2.05) is 36.6 Å². The van der Waals surface area contributed by atoms with Crippen LogP contribution in [0.15, 0.2) is 65.7 Å². The lowest BCUT2D eigenvalue weighted by atomic mass is 10.1. The number of aryl methyl sites for hydroxylation is 1. The number of imide groups is 1. The van der Waals surface area contributed by atoms with E-state index in [-0.39, 0.29) is 5.70 Å². The summed E-state index contributed by atoms with van der Waals surface area (Å²) in [6, 6.07) is 15.7. The fourth-order valence-corrected chi connectivity index (χ4v) is 4.09. The molecule has 140 valence electrons. The van der Waals surface area contributed by atoms with Crippen molar-refractivity contribution in [2.45, 2.75) is 6.92 Å². The van der Waals surface area contributed by atoms with Gasteiger partial charge in [-0.1, -0.05) is 41.4 Å². The van der Waals surface area contributed by atoms with Gasteiger partial charge in [0.05, 0.1) is 11.3 Å². The SMILES string of the molecule is Cc1ccc(NC2=C(c3cccs3)C(=O)N(c3cccc(Cl)c3)C2=O)cc1Cl. The highest BCUT2D eigenvalue weighted by atomic mass is 35.5. The first-order valence-corrected chi connectivity index (χ1v) is 10.0. The number of thiophene rings is 1. The molecule has 0 saturated heterocycles. The molecular weight excluding hydrogens is 415 g/mol. The van der Waals surface area contributed by atoms with Gasteiger partial charge in [-0.3, -0.25) is 9.59 Å². The minimum absolute atomic E-state index is 0.215. The Kier molecular flexibility index (Phi) is 4.98. The maximum atomic E-state index is 13.2. The van der Waals surface area contributed by atoms with Crippen LogP contribution in [-0.2, 0) is 9.59 Å². The number of rotatable bonds is 4. The van der Waals surface area contributed by atoms with Gasteiger partial charge in [0.15, 0.2) is 0 Å². The topological polar surface area (TPSA) is 49.4 Å². The van der Waals surface area contributed by atoms with E-state index in [2.05, 4.69) is 5.32 Å². The van der Waals surface area contributed by atoms with Gasteiger partial charge in [0.25, 0.3) is 11.8 Å². The minimum Gasteiger partial charge on any atom is -0.350 e. The second-order valence-corrected chi connectivity index (χ2v) is 8.03. The van der Waals surface area contributed by atoms with Crippen molar-refractivity contribution in [3.63, 3.8) is 0 Å². The first-order valence-electron chi connectivity index (χ1n) is 8.41. The number of halogens is 2. The van der Waals surface area contributed by atoms with Crippen LogP contribution in [0.4, 0.5) is 11.4 Å². The van der Waals surface area contributed by atoms with Crippen molar-refractivity contribution >= 4 is 63.3 Å². The van der Waals surface area contributed by atoms with Crippen molar-refractivity contribution in [3.05, 3.63) is 86.2 Å². The van der Waals surface area contributed by atoms with Gasteiger partial charge in [0.2, 0.25) is 0 Å². The lowest BCUT2D eigenvalue weighted by molar-refractivity contribution is -0.120. The maximum Gasteiger partial charge on any atom is 0.282 e. The van der Waals surface area contributed by atoms with Crippen LogP contribution in [-0.4, -0.2) is 11.8 Å². The van der Waals surface area contributed by atoms with E-state index in [0.717, 1.165) is 10.5 Å². The van der Waals surface area contributed by atoms with Crippen LogP contribution in [0.1, 0.15) is 10.4 Å². The predicted octanol–water partition coefficient (Wildman–Crippen LogP) is 5.76. The molecule has 1 aliphatic heterocycles. The van der Waals surface area contributed by atoms with Crippen LogP contribution in [0.25, 0.3) is 5.57 Å². The lowest BCUT2D eigenvalue weighted by Crippen LogP contribution is -2.32. The third-order valence-electron chi connectivity index (χ3n) is 4.36. The van der Waals surface area contributed by atoms with Gasteiger partial charge in [-0.2, -0.15) is 0 Å². The highest BCUT2D eigenvalue weighted by Gasteiger charge is 2.40. The first-order chi connectivity index (χ1) is 13.5. The highest BCUT2D eigenvalue weighted by Crippen LogP contribution is 2.36. The summed E-state index contributed by atoms with van der Waals surface area (Å²) in [6.45, 7) is 1.90. The van der Waals surface area contributed by atoms with Crippen molar-refractivity contribution in [1.29, 1.82) is 0 Å². The molecule has 0 spiro atoms. The van der Waals surface area contributed by atoms with Crippen LogP contribution in [0.2, 0.25) is 10.0 Å². The Hall–Kier alpha value is -2.60. The number of hydrogen-bond acceptors (Lipinski definition) is 4. The van der Waals surface area contributed by atoms with E-state index >= 15 is 0 Å². The summed E-state index contributed by atoms with van der Waals surface area (Å²) >= 11 is 13.7. The second kappa shape index (κ2) is 7.43. The summed E-state index contributed by atoms with van der Waals surface area (Å²) in [4.78, 5) is 28.2. The molecule has 0 unspecified atom stereocenters. The number of hydrogen-bond donors (Lipinski definition) is 1. The zero-order chi connectivity index (χ0) is 19.8. The van der Waals surface area contributed by atoms with Gasteiger partial charge in [-0.25, -0.2) is 4.90 Å². The molecule has 4 rings (SSSR count). The zero-order valence-electron chi connectivity index (χ0n) is 14.7. The number of nitrogens with one attached hydrogen (secondary N) is 1. The van der Waals surface area contributed by atoms with Crippen LogP contribution in [0, 0.1) is 6.92 Å². The smallest absolute Gasteiger partial charge is 0.282 e. The van der Waals surface area contributed by atoms with Crippen molar-refractivity contribution in [3.8, 4) is 0 Å². The van der Waals surface area contributed by atoms with E-state index in [0.29, 0.717) is 31.9 Å². The standard InChI is InChI=1S/C21H14Cl2N2O2S/c1-12-7-8-14(11-16(12)23)24-19-18(17-6-3-9-28-17)20(26)25(21(19)27)15-5-2-4-13(22)10-15/h2-11,24H,1H3. The third-order valence-corrected chi connectivity index (χ3v) is 5.89. The van der Waals surface area contributed by atoms with Gasteiger partial charge in [0.1, 0.15) is 5.70 Å². The molecule has 1 N–H and O–H groups in total. The number of nitrogens with zero attached hydrogens (tertiary/aromatic N) is 1. The summed E-state index contributed by atoms with van der Waals surface area (Å²) in [5, 5.41) is 5.98. The minimum atomic E-state index is -0.438. The van der Waals surface area contributed by atoms with Gasteiger partial charge >= 0.3 is 0 Å². The monoisotopic (exact) mass is 428 g/mol. The molecule has 0 atom stereocenters. The second-order valence-electron chi connectivity index (χ2n) is 6.24. The summed E-state index contributed by atoms with van der Waals surface area (Å²) in [7, 11) is 0. The number of carbonyl (C=O) groups is 2. The largest absolute Gasteiger partial charge is 0.350 e. The molecule has 0 saturated carbocycles. The van der Waals surface area contributed by atoms with Crippen LogP contribution in [0.5, 0.6) is 0 Å². The molecule has 1 aliphatic rings. The van der Waals surface area contributed by atoms with Gasteiger partial charge in [-0.15, -0.1) is 11.3 Å². The molecule has 0 aliphatic carbocycles. The molecule has 1 aromatic heterocycles. The molecule has 3 aromatic rings. The average Bonchev–Trinajstić information content (AvgIpc) is 3.25. The van der Waals surface area contributed by atoms with Gasteiger partial charge in [0, 0.05) is 20.6 Å². The quantitative estimate of drug-likeness (QED) is 0.537. The summed E-state index contributed by atoms with van der Waals surface area (Å²) in [5.74, 6) is -0.831. The molecule has 0 radical (unpaired) electrons. The summed E-state index contributed by atoms with van der Waals surface area (Å²) in [6.07, 6.45) is 0. The summed E-state index contributed by atoms with van der Waals surface area (Å²) < 4.78 is 0. The van der Waals surface area contributed by atoms with E-state index in [4.69, 9.17) is 23.2 Å². The fraction of sp³-hybridized carbons (Fsp3) is 0.0476. The van der Waals surface area contributed by atoms with Crippen molar-refractivity contribution in [2.75, 3.05) is 10.2 Å². The van der Waals surface area contributed by atoms with E-state index in [1.165, 1.54) is 11.3 Å². The Morgan fingerprint density at radius 2 is 1.79 bits per heavy atom. The molecule has 7 heteroatoms. The highest BCUT2D eigenvalue weighted by molar-refractivity contribution is 7.11. The van der Waals surface area contributed by atoms with Gasteiger partial charge < -0.3 is 5.32 Å². The Morgan fingerprint density at radius 3 is 2.46 bits per heavy atom. The number of anilines is 2. The number of benzene rings is 2. The first kappa shape index (κ1) is 18.7. The Morgan fingerprint density at radius 1 is 0.964 bits per heavy atom. The molecular formula is C21H14Cl2N2O2S. The fourth-order valence-electron chi connectivity index (χ4n) is 2.96. The average molecular weight is 429 g/mol. The molecule has 4 nitrogen and oxygen atoms in total. The lowest BCUT2D eigenvalue weighted by Gasteiger charge is -2.15. The predicted molar refractivity (Wildman–Crippen MR) is 115 cm³/mol. The number of amides is 2. The Labute approximate surface area is 176 Å². The zero-order valence-corrected chi connectivity index (χ0v) is 17.0. The molecule has 28 heavy (non-hydrogen) atoms. The third kappa shape index (κ3) is 3.33. The number of carbonyl (C=O) groups excluding carboxylic acids is 2. The molecule has 2 heterocycles. The van der Waals surface area contributed by atoms with E-state index in [1.54, 1.807) is 30.3 Å². The Balaban J connectivity index is 1.80. The molecule has 0 bridgehead atoms. The van der Waals surface area contributed by atoms with Crippen molar-refractivity contribution < 1.29 is 9.59 Å². The molecule has 0 fully saturated rings.